The zero-order chi connectivity index (χ0) is 11.5. The van der Waals surface area contributed by atoms with E-state index in [9.17, 15) is 0 Å². The van der Waals surface area contributed by atoms with Crippen LogP contribution in [0.3, 0.4) is 0 Å². The third kappa shape index (κ3) is 3.03. The van der Waals surface area contributed by atoms with Crippen molar-refractivity contribution < 1.29 is 0 Å². The Balaban J connectivity index is 1.48. The molecule has 0 aromatic heterocycles. The summed E-state index contributed by atoms with van der Waals surface area (Å²) in [6.45, 7) is 5.36. The maximum atomic E-state index is 3.70. The van der Waals surface area contributed by atoms with Crippen LogP contribution in [-0.4, -0.2) is 37.1 Å². The first-order chi connectivity index (χ1) is 8.42. The Kier molecular flexibility index (Phi) is 4.02. The van der Waals surface area contributed by atoms with E-state index >= 15 is 0 Å². The molecule has 0 radical (unpaired) electrons. The van der Waals surface area contributed by atoms with E-state index in [1.165, 1.54) is 77.5 Å². The van der Waals surface area contributed by atoms with E-state index in [-0.39, 0.29) is 0 Å². The Hall–Kier alpha value is -0.0800. The van der Waals surface area contributed by atoms with Crippen LogP contribution in [-0.2, 0) is 0 Å². The van der Waals surface area contributed by atoms with Gasteiger partial charge in [-0.1, -0.05) is 25.7 Å². The van der Waals surface area contributed by atoms with Gasteiger partial charge in [0.1, 0.15) is 0 Å². The standard InChI is InChI=1S/C15H28N2/c1-2-6-14-11-17(10-8-13(14)5-1)12-15-7-3-4-9-16-15/h13-16H,1-12H2/t13-,14-,15+/m0/s1. The van der Waals surface area contributed by atoms with Crippen molar-refractivity contribution in [3.8, 4) is 0 Å². The summed E-state index contributed by atoms with van der Waals surface area (Å²) >= 11 is 0. The van der Waals surface area contributed by atoms with Crippen molar-refractivity contribution in [1.82, 2.24) is 10.2 Å². The van der Waals surface area contributed by atoms with Gasteiger partial charge in [0.2, 0.25) is 0 Å². The predicted octanol–water partition coefficient (Wildman–Crippen LogP) is 2.64. The lowest BCUT2D eigenvalue weighted by Gasteiger charge is -2.42. The molecule has 0 aromatic rings. The molecule has 0 amide bonds. The highest BCUT2D eigenvalue weighted by Gasteiger charge is 2.31. The van der Waals surface area contributed by atoms with Crippen molar-refractivity contribution in [2.45, 2.75) is 57.4 Å². The Labute approximate surface area is 106 Å². The number of nitrogens with zero attached hydrogens (tertiary/aromatic N) is 1. The van der Waals surface area contributed by atoms with Crippen LogP contribution in [0.2, 0.25) is 0 Å². The lowest BCUT2D eigenvalue weighted by Crippen LogP contribution is -2.49. The van der Waals surface area contributed by atoms with Gasteiger partial charge in [0, 0.05) is 19.1 Å². The Morgan fingerprint density at radius 3 is 2.53 bits per heavy atom. The van der Waals surface area contributed by atoms with E-state index < -0.39 is 0 Å². The van der Waals surface area contributed by atoms with Crippen molar-refractivity contribution in [2.24, 2.45) is 11.8 Å². The lowest BCUT2D eigenvalue weighted by atomic mass is 9.75. The second-order valence-corrected chi connectivity index (χ2v) is 6.50. The maximum absolute atomic E-state index is 3.70. The fraction of sp³-hybridized carbons (Fsp3) is 1.00. The molecule has 1 aliphatic carbocycles. The summed E-state index contributed by atoms with van der Waals surface area (Å²) in [5.41, 5.74) is 0. The number of hydrogen-bond acceptors (Lipinski definition) is 2. The fourth-order valence-corrected chi connectivity index (χ4v) is 4.23. The molecule has 2 saturated heterocycles. The molecule has 3 aliphatic rings. The van der Waals surface area contributed by atoms with Crippen LogP contribution >= 0.6 is 0 Å². The van der Waals surface area contributed by atoms with Crippen molar-refractivity contribution in [1.29, 1.82) is 0 Å². The first-order valence-corrected chi connectivity index (χ1v) is 7.87. The highest BCUT2D eigenvalue weighted by atomic mass is 15.2. The summed E-state index contributed by atoms with van der Waals surface area (Å²) in [6, 6.07) is 0.795. The summed E-state index contributed by atoms with van der Waals surface area (Å²) in [5.74, 6) is 2.13. The van der Waals surface area contributed by atoms with Crippen LogP contribution in [0.15, 0.2) is 0 Å². The molecule has 3 fully saturated rings. The average molecular weight is 236 g/mol. The van der Waals surface area contributed by atoms with Gasteiger partial charge >= 0.3 is 0 Å². The molecule has 1 N–H and O–H groups in total. The first-order valence-electron chi connectivity index (χ1n) is 7.87. The molecule has 2 heterocycles. The number of rotatable bonds is 2. The van der Waals surface area contributed by atoms with Crippen LogP contribution in [0.4, 0.5) is 0 Å². The molecule has 1 saturated carbocycles. The minimum atomic E-state index is 0.795. The Bertz CT molecular complexity index is 233. The number of fused-ring (bicyclic) bond motifs is 1. The topological polar surface area (TPSA) is 15.3 Å². The summed E-state index contributed by atoms with van der Waals surface area (Å²) in [6.07, 6.45) is 11.8. The van der Waals surface area contributed by atoms with Gasteiger partial charge in [-0.25, -0.2) is 0 Å². The zero-order valence-electron chi connectivity index (χ0n) is 11.2. The molecule has 98 valence electrons. The Morgan fingerprint density at radius 2 is 1.71 bits per heavy atom. The molecule has 0 unspecified atom stereocenters. The van der Waals surface area contributed by atoms with E-state index in [1.54, 1.807) is 0 Å². The molecule has 17 heavy (non-hydrogen) atoms. The highest BCUT2D eigenvalue weighted by Crippen LogP contribution is 2.36. The van der Waals surface area contributed by atoms with Crippen molar-refractivity contribution in [3.05, 3.63) is 0 Å². The highest BCUT2D eigenvalue weighted by molar-refractivity contribution is 4.86. The van der Waals surface area contributed by atoms with Crippen LogP contribution in [0.1, 0.15) is 51.4 Å². The normalized spacial score (nSPS) is 39.9. The summed E-state index contributed by atoms with van der Waals surface area (Å²) in [5, 5.41) is 3.70. The van der Waals surface area contributed by atoms with Crippen LogP contribution in [0.25, 0.3) is 0 Å². The van der Waals surface area contributed by atoms with Crippen LogP contribution in [0.5, 0.6) is 0 Å². The van der Waals surface area contributed by atoms with E-state index in [1.807, 2.05) is 0 Å². The Morgan fingerprint density at radius 1 is 0.882 bits per heavy atom. The van der Waals surface area contributed by atoms with Crippen molar-refractivity contribution in [2.75, 3.05) is 26.2 Å². The molecular formula is C15H28N2. The molecule has 3 rings (SSSR count). The fourth-order valence-electron chi connectivity index (χ4n) is 4.23. The van der Waals surface area contributed by atoms with Crippen molar-refractivity contribution in [3.63, 3.8) is 0 Å². The molecule has 0 bridgehead atoms. The van der Waals surface area contributed by atoms with E-state index in [4.69, 9.17) is 0 Å². The molecular weight excluding hydrogens is 208 g/mol. The van der Waals surface area contributed by atoms with Crippen LogP contribution < -0.4 is 5.32 Å². The third-order valence-electron chi connectivity index (χ3n) is 5.27. The molecule has 3 atom stereocenters. The number of likely N-dealkylation sites (tertiary alicyclic amines) is 1. The molecule has 2 heteroatoms. The monoisotopic (exact) mass is 236 g/mol. The smallest absolute Gasteiger partial charge is 0.0195 e. The maximum Gasteiger partial charge on any atom is 0.0195 e. The molecule has 0 spiro atoms. The second kappa shape index (κ2) is 5.71. The predicted molar refractivity (Wildman–Crippen MR) is 72.1 cm³/mol. The van der Waals surface area contributed by atoms with Gasteiger partial charge in [-0.15, -0.1) is 0 Å². The summed E-state index contributed by atoms with van der Waals surface area (Å²) < 4.78 is 0. The minimum absolute atomic E-state index is 0.795. The van der Waals surface area contributed by atoms with E-state index in [2.05, 4.69) is 10.2 Å². The van der Waals surface area contributed by atoms with Gasteiger partial charge in [-0.2, -0.15) is 0 Å². The number of nitrogens with one attached hydrogen (secondary N) is 1. The molecule has 0 aromatic carbocycles. The van der Waals surface area contributed by atoms with Gasteiger partial charge in [0.25, 0.3) is 0 Å². The summed E-state index contributed by atoms with van der Waals surface area (Å²) in [4.78, 5) is 2.76. The number of piperidine rings is 2. The SMILES string of the molecule is C1CC[C@H](CN2CC[C@@H]3CCCC[C@H]3C2)NC1. The number of hydrogen-bond donors (Lipinski definition) is 1. The van der Waals surface area contributed by atoms with E-state index in [0.717, 1.165) is 17.9 Å². The largest absolute Gasteiger partial charge is 0.313 e. The molecule has 2 nitrogen and oxygen atoms in total. The summed E-state index contributed by atoms with van der Waals surface area (Å²) in [7, 11) is 0. The first kappa shape index (κ1) is 12.0. The van der Waals surface area contributed by atoms with Gasteiger partial charge in [-0.3, -0.25) is 0 Å². The lowest BCUT2D eigenvalue weighted by molar-refractivity contribution is 0.0772. The van der Waals surface area contributed by atoms with Crippen molar-refractivity contribution >= 4 is 0 Å². The van der Waals surface area contributed by atoms with Gasteiger partial charge in [0.15, 0.2) is 0 Å². The average Bonchev–Trinajstić information content (AvgIpc) is 2.40. The third-order valence-corrected chi connectivity index (χ3v) is 5.27. The second-order valence-electron chi connectivity index (χ2n) is 6.50. The van der Waals surface area contributed by atoms with Gasteiger partial charge in [-0.05, 0) is 50.6 Å². The van der Waals surface area contributed by atoms with Crippen LogP contribution in [0, 0.1) is 11.8 Å². The zero-order valence-corrected chi connectivity index (χ0v) is 11.2. The molecule has 2 aliphatic heterocycles. The van der Waals surface area contributed by atoms with Gasteiger partial charge in [0.05, 0.1) is 0 Å². The van der Waals surface area contributed by atoms with E-state index in [0.29, 0.717) is 0 Å². The minimum Gasteiger partial charge on any atom is -0.313 e. The van der Waals surface area contributed by atoms with Gasteiger partial charge < -0.3 is 10.2 Å². The quantitative estimate of drug-likeness (QED) is 0.793.